The van der Waals surface area contributed by atoms with E-state index in [-0.39, 0.29) is 0 Å². The van der Waals surface area contributed by atoms with Crippen LogP contribution < -0.4 is 5.32 Å². The molecule has 2 rings (SSSR count). The van der Waals surface area contributed by atoms with E-state index in [4.69, 9.17) is 0 Å². The summed E-state index contributed by atoms with van der Waals surface area (Å²) in [5, 5.41) is 3.23. The molecule has 66 valence electrons. The third-order valence-corrected chi connectivity index (χ3v) is 2.25. The van der Waals surface area contributed by atoms with E-state index in [1.807, 2.05) is 18.2 Å². The van der Waals surface area contributed by atoms with Crippen LogP contribution in [0.1, 0.15) is 12.0 Å². The van der Waals surface area contributed by atoms with E-state index in [0.717, 1.165) is 30.5 Å². The predicted octanol–water partition coefficient (Wildman–Crippen LogP) is 2.13. The Bertz CT molecular complexity index is 355. The molecule has 0 atom stereocenters. The predicted molar refractivity (Wildman–Crippen MR) is 52.5 cm³/mol. The number of nitrogens with one attached hydrogen (secondary N) is 1. The first-order valence-corrected chi connectivity index (χ1v) is 4.39. The van der Waals surface area contributed by atoms with Crippen molar-refractivity contribution in [3.8, 4) is 0 Å². The van der Waals surface area contributed by atoms with Crippen molar-refractivity contribution in [2.45, 2.75) is 12.8 Å². The maximum absolute atomic E-state index is 10.3. The molecule has 0 unspecified atom stereocenters. The summed E-state index contributed by atoms with van der Waals surface area (Å²) in [6.07, 6.45) is 4.37. The first-order valence-electron chi connectivity index (χ1n) is 4.39. The largest absolute Gasteiger partial charge is 0.359 e. The highest BCUT2D eigenvalue weighted by Gasteiger charge is 2.10. The van der Waals surface area contributed by atoms with E-state index in [1.54, 1.807) is 6.08 Å². The number of carbonyl (C=O) groups is 1. The maximum Gasteiger partial charge on any atom is 0.144 e. The van der Waals surface area contributed by atoms with Crippen molar-refractivity contribution in [3.63, 3.8) is 0 Å². The third kappa shape index (κ3) is 1.61. The van der Waals surface area contributed by atoms with E-state index in [2.05, 4.69) is 11.4 Å². The molecule has 13 heavy (non-hydrogen) atoms. The van der Waals surface area contributed by atoms with Crippen molar-refractivity contribution in [2.24, 2.45) is 0 Å². The lowest BCUT2D eigenvalue weighted by Gasteiger charge is -2.19. The average Bonchev–Trinajstić information content (AvgIpc) is 2.18. The highest BCUT2D eigenvalue weighted by atomic mass is 16.1. The van der Waals surface area contributed by atoms with E-state index >= 15 is 0 Å². The van der Waals surface area contributed by atoms with Gasteiger partial charge in [-0.25, -0.2) is 0 Å². The third-order valence-electron chi connectivity index (χ3n) is 2.25. The summed E-state index contributed by atoms with van der Waals surface area (Å²) >= 11 is 0. The Hall–Kier alpha value is -1.57. The molecule has 0 spiro atoms. The van der Waals surface area contributed by atoms with Gasteiger partial charge in [-0.3, -0.25) is 4.79 Å². The molecule has 1 aliphatic heterocycles. The van der Waals surface area contributed by atoms with Gasteiger partial charge in [0.1, 0.15) is 6.29 Å². The lowest BCUT2D eigenvalue weighted by molar-refractivity contribution is -0.104. The van der Waals surface area contributed by atoms with Crippen LogP contribution in [-0.4, -0.2) is 6.29 Å². The van der Waals surface area contributed by atoms with Crippen LogP contribution in [0.25, 0.3) is 0 Å². The monoisotopic (exact) mass is 173 g/mol. The number of para-hydroxylation sites is 1. The Labute approximate surface area is 77.3 Å². The molecule has 1 N–H and O–H groups in total. The molecule has 1 aromatic carbocycles. The number of hydrogen-bond acceptors (Lipinski definition) is 2. The molecular weight excluding hydrogens is 162 g/mol. The molecular formula is C11H11NO. The molecule has 1 heterocycles. The van der Waals surface area contributed by atoms with Crippen LogP contribution in [0.5, 0.6) is 0 Å². The van der Waals surface area contributed by atoms with Crippen LogP contribution in [0.4, 0.5) is 5.69 Å². The Morgan fingerprint density at radius 1 is 1.23 bits per heavy atom. The summed E-state index contributed by atoms with van der Waals surface area (Å²) in [4.78, 5) is 10.3. The zero-order valence-electron chi connectivity index (χ0n) is 7.29. The van der Waals surface area contributed by atoms with Crippen molar-refractivity contribution in [1.29, 1.82) is 0 Å². The average molecular weight is 173 g/mol. The molecule has 0 saturated heterocycles. The molecule has 0 aromatic heterocycles. The van der Waals surface area contributed by atoms with Crippen LogP contribution in [0.15, 0.2) is 36.0 Å². The topological polar surface area (TPSA) is 29.1 Å². The van der Waals surface area contributed by atoms with Gasteiger partial charge in [0.25, 0.3) is 0 Å². The first kappa shape index (κ1) is 8.05. The van der Waals surface area contributed by atoms with Crippen LogP contribution in [0.3, 0.4) is 0 Å². The lowest BCUT2D eigenvalue weighted by Crippen LogP contribution is -2.09. The summed E-state index contributed by atoms with van der Waals surface area (Å²) in [5.41, 5.74) is 3.46. The van der Waals surface area contributed by atoms with Crippen molar-refractivity contribution in [1.82, 2.24) is 0 Å². The van der Waals surface area contributed by atoms with Crippen LogP contribution in [0.2, 0.25) is 0 Å². The number of anilines is 1. The van der Waals surface area contributed by atoms with Gasteiger partial charge in [0.15, 0.2) is 0 Å². The van der Waals surface area contributed by atoms with Gasteiger partial charge in [0.05, 0.1) is 0 Å². The van der Waals surface area contributed by atoms with Gasteiger partial charge in [-0.15, -0.1) is 0 Å². The first-order chi connectivity index (χ1) is 6.40. The molecule has 0 amide bonds. The van der Waals surface area contributed by atoms with Crippen molar-refractivity contribution in [3.05, 3.63) is 41.6 Å². The quantitative estimate of drug-likeness (QED) is 0.520. The van der Waals surface area contributed by atoms with Gasteiger partial charge in [-0.1, -0.05) is 18.2 Å². The Morgan fingerprint density at radius 2 is 2.08 bits per heavy atom. The van der Waals surface area contributed by atoms with E-state index in [0.29, 0.717) is 0 Å². The smallest absolute Gasteiger partial charge is 0.144 e. The van der Waals surface area contributed by atoms with E-state index in [9.17, 15) is 4.79 Å². The normalized spacial score (nSPS) is 17.7. The van der Waals surface area contributed by atoms with Gasteiger partial charge in [-0.2, -0.15) is 0 Å². The Balaban J connectivity index is 2.29. The molecule has 2 heteroatoms. The fraction of sp³-hybridized carbons (Fsp3) is 0.182. The van der Waals surface area contributed by atoms with Crippen molar-refractivity contribution >= 4 is 12.0 Å². The fourth-order valence-electron chi connectivity index (χ4n) is 1.57. The van der Waals surface area contributed by atoms with Crippen LogP contribution in [-0.2, 0) is 11.2 Å². The summed E-state index contributed by atoms with van der Waals surface area (Å²) in [6, 6.07) is 8.18. The number of benzene rings is 1. The van der Waals surface area contributed by atoms with Crippen LogP contribution >= 0.6 is 0 Å². The standard InChI is InChI=1S/C11H11NO/c13-8-7-10-6-5-9-3-1-2-4-11(9)12-10/h1-4,7-8,12H,5-6H2/b10-7-. The second-order valence-corrected chi connectivity index (χ2v) is 3.11. The summed E-state index contributed by atoms with van der Waals surface area (Å²) in [6.45, 7) is 0. The highest BCUT2D eigenvalue weighted by Crippen LogP contribution is 2.25. The van der Waals surface area contributed by atoms with Crippen LogP contribution in [0, 0.1) is 0 Å². The zero-order chi connectivity index (χ0) is 9.10. The minimum atomic E-state index is 0.830. The molecule has 1 aliphatic rings. The highest BCUT2D eigenvalue weighted by molar-refractivity contribution is 5.69. The zero-order valence-corrected chi connectivity index (χ0v) is 7.29. The number of allylic oxidation sites excluding steroid dienone is 2. The number of carbonyl (C=O) groups excluding carboxylic acids is 1. The fourth-order valence-corrected chi connectivity index (χ4v) is 1.57. The molecule has 0 bridgehead atoms. The number of aldehydes is 1. The second kappa shape index (κ2) is 3.44. The molecule has 0 aliphatic carbocycles. The van der Waals surface area contributed by atoms with Crippen molar-refractivity contribution < 1.29 is 4.79 Å². The molecule has 1 aromatic rings. The van der Waals surface area contributed by atoms with Gasteiger partial charge >= 0.3 is 0 Å². The maximum atomic E-state index is 10.3. The molecule has 0 saturated carbocycles. The summed E-state index contributed by atoms with van der Waals surface area (Å²) in [7, 11) is 0. The second-order valence-electron chi connectivity index (χ2n) is 3.11. The van der Waals surface area contributed by atoms with Crippen molar-refractivity contribution in [2.75, 3.05) is 5.32 Å². The van der Waals surface area contributed by atoms with Gasteiger partial charge < -0.3 is 5.32 Å². The summed E-state index contributed by atoms with van der Waals surface area (Å²) in [5.74, 6) is 0. The number of rotatable bonds is 1. The molecule has 0 radical (unpaired) electrons. The molecule has 2 nitrogen and oxygen atoms in total. The van der Waals surface area contributed by atoms with Gasteiger partial charge in [0, 0.05) is 11.4 Å². The van der Waals surface area contributed by atoms with Gasteiger partial charge in [-0.05, 0) is 30.5 Å². The number of aryl methyl sites for hydroxylation is 1. The van der Waals surface area contributed by atoms with E-state index < -0.39 is 0 Å². The minimum Gasteiger partial charge on any atom is -0.359 e. The number of hydrogen-bond donors (Lipinski definition) is 1. The molecule has 0 fully saturated rings. The Kier molecular flexibility index (Phi) is 2.13. The summed E-state index contributed by atoms with van der Waals surface area (Å²) < 4.78 is 0. The SMILES string of the molecule is O=C/C=C1/CCc2ccccc2N1. The minimum absolute atomic E-state index is 0.830. The van der Waals surface area contributed by atoms with E-state index in [1.165, 1.54) is 5.56 Å². The lowest BCUT2D eigenvalue weighted by atomic mass is 10.0. The van der Waals surface area contributed by atoms with Gasteiger partial charge in [0.2, 0.25) is 0 Å². The number of fused-ring (bicyclic) bond motifs is 1. The Morgan fingerprint density at radius 3 is 2.92 bits per heavy atom.